The number of hydrogen-bond acceptors (Lipinski definition) is 8. The molecule has 0 radical (unpaired) electrons. The van der Waals surface area contributed by atoms with Crippen LogP contribution in [0.15, 0.2) is 31.0 Å². The van der Waals surface area contributed by atoms with Crippen LogP contribution in [-0.4, -0.2) is 80.6 Å². The Morgan fingerprint density at radius 1 is 1.12 bits per heavy atom. The zero-order valence-corrected chi connectivity index (χ0v) is 36.4. The predicted molar refractivity (Wildman–Crippen MR) is 220 cm³/mol. The Morgan fingerprint density at radius 2 is 1.87 bits per heavy atom. The summed E-state index contributed by atoms with van der Waals surface area (Å²) in [4.78, 5) is 2.44. The van der Waals surface area contributed by atoms with Crippen molar-refractivity contribution in [1.29, 1.82) is 0 Å². The molecule has 3 aromatic heterocycles. The first-order valence-electron chi connectivity index (χ1n) is 18.8. The van der Waals surface area contributed by atoms with Crippen molar-refractivity contribution >= 4 is 47.9 Å². The summed E-state index contributed by atoms with van der Waals surface area (Å²) in [6.45, 7) is 29.6. The summed E-state index contributed by atoms with van der Waals surface area (Å²) in [5, 5.41) is 15.6. The monoisotopic (exact) mass is 845 g/mol. The van der Waals surface area contributed by atoms with Crippen LogP contribution in [0.1, 0.15) is 92.3 Å². The Balaban J connectivity index is 1.35. The van der Waals surface area contributed by atoms with E-state index in [1.165, 1.54) is 0 Å². The molecule has 1 aromatic carbocycles. The molecule has 1 unspecified atom stereocenters. The Bertz CT molecular complexity index is 1820. The van der Waals surface area contributed by atoms with Gasteiger partial charge in [-0.25, -0.2) is 9.36 Å². The lowest BCUT2D eigenvalue weighted by atomic mass is 10.1. The van der Waals surface area contributed by atoms with E-state index in [9.17, 15) is 0 Å². The molecule has 286 valence electrons. The van der Waals surface area contributed by atoms with Crippen molar-refractivity contribution < 1.29 is 18.6 Å². The number of aromatic nitrogens is 6. The molecule has 0 N–H and O–H groups in total. The predicted octanol–water partition coefficient (Wildman–Crippen LogP) is 9.07. The van der Waals surface area contributed by atoms with Gasteiger partial charge in [0.15, 0.2) is 14.5 Å². The van der Waals surface area contributed by atoms with Crippen molar-refractivity contribution in [3.8, 4) is 22.9 Å². The van der Waals surface area contributed by atoms with Crippen LogP contribution >= 0.6 is 22.6 Å². The SMILES string of the molecule is C=Cc1nn(C2CCCCO2)c2ccc(-c3cnn(C)c3O[C@@H](C)CN(Cc3c(I)c(OC(C)C)nn3CCO[Si](C)(C)C(C)(C)C)C(C)C)cc12. The van der Waals surface area contributed by atoms with Crippen molar-refractivity contribution in [2.45, 2.75) is 130 Å². The van der Waals surface area contributed by atoms with Gasteiger partial charge < -0.3 is 18.6 Å². The van der Waals surface area contributed by atoms with Crippen molar-refractivity contribution in [2.75, 3.05) is 19.8 Å². The molecule has 1 saturated heterocycles. The smallest absolute Gasteiger partial charge is 0.246 e. The van der Waals surface area contributed by atoms with Crippen molar-refractivity contribution in [2.24, 2.45) is 7.05 Å². The molecule has 11 nitrogen and oxygen atoms in total. The van der Waals surface area contributed by atoms with Crippen LogP contribution in [0, 0.1) is 3.57 Å². The summed E-state index contributed by atoms with van der Waals surface area (Å²) in [7, 11) is 0.0385. The maximum absolute atomic E-state index is 6.74. The standard InChI is InChI=1S/C39H60IN7O4Si/c1-13-32-30-22-29(17-18-33(30)47(42-32)35-16-14-15-20-48-35)31-23-41-44(10)38(31)51-28(6)24-45(26(2)3)25-34-36(40)37(50-27(4)5)43-46(34)19-21-49-52(11,12)39(7,8)9/h13,17-18,22-23,26-28,35H,1,14-16,19-21,24-25H2,2-12H3/t28-,35?/m0/s1. The molecule has 0 bridgehead atoms. The normalized spacial score (nSPS) is 16.4. The Kier molecular flexibility index (Phi) is 13.0. The first-order chi connectivity index (χ1) is 24.5. The third-order valence-corrected chi connectivity index (χ3v) is 15.9. The quantitative estimate of drug-likeness (QED) is 0.0816. The average molecular weight is 846 g/mol. The number of nitrogens with zero attached hydrogens (tertiary/aromatic N) is 7. The van der Waals surface area contributed by atoms with E-state index in [1.807, 2.05) is 42.5 Å². The first kappa shape index (κ1) is 40.5. The highest BCUT2D eigenvalue weighted by Gasteiger charge is 2.37. The van der Waals surface area contributed by atoms with Crippen LogP contribution in [0.3, 0.4) is 0 Å². The highest BCUT2D eigenvalue weighted by molar-refractivity contribution is 14.1. The second-order valence-electron chi connectivity index (χ2n) is 16.1. The van der Waals surface area contributed by atoms with E-state index < -0.39 is 8.32 Å². The van der Waals surface area contributed by atoms with Gasteiger partial charge in [-0.2, -0.15) is 10.2 Å². The second-order valence-corrected chi connectivity index (χ2v) is 22.0. The van der Waals surface area contributed by atoms with E-state index in [2.05, 4.69) is 117 Å². The molecule has 2 atom stereocenters. The van der Waals surface area contributed by atoms with E-state index in [4.69, 9.17) is 28.8 Å². The van der Waals surface area contributed by atoms with E-state index in [0.29, 0.717) is 32.1 Å². The molecular weight excluding hydrogens is 785 g/mol. The minimum atomic E-state index is -1.89. The minimum absolute atomic E-state index is 0.0297. The number of halogens is 1. The van der Waals surface area contributed by atoms with Gasteiger partial charge in [-0.1, -0.05) is 33.4 Å². The van der Waals surface area contributed by atoms with E-state index >= 15 is 0 Å². The van der Waals surface area contributed by atoms with Crippen LogP contribution in [0.5, 0.6) is 11.8 Å². The van der Waals surface area contributed by atoms with E-state index in [1.54, 1.807) is 0 Å². The van der Waals surface area contributed by atoms with E-state index in [0.717, 1.165) is 68.7 Å². The fourth-order valence-electron chi connectivity index (χ4n) is 6.28. The fourth-order valence-corrected chi connectivity index (χ4v) is 8.00. The molecule has 13 heteroatoms. The number of hydrogen-bond donors (Lipinski definition) is 0. The number of rotatable bonds is 16. The molecule has 0 aliphatic carbocycles. The lowest BCUT2D eigenvalue weighted by molar-refractivity contribution is -0.0367. The summed E-state index contributed by atoms with van der Waals surface area (Å²) in [5.74, 6) is 1.41. The van der Waals surface area contributed by atoms with Gasteiger partial charge >= 0.3 is 0 Å². The van der Waals surface area contributed by atoms with Crippen LogP contribution in [-0.2, 0) is 29.3 Å². The number of fused-ring (bicyclic) bond motifs is 1. The minimum Gasteiger partial charge on any atom is -0.473 e. The van der Waals surface area contributed by atoms with Crippen LogP contribution in [0.25, 0.3) is 28.1 Å². The van der Waals surface area contributed by atoms with Gasteiger partial charge in [0, 0.05) is 38.2 Å². The zero-order chi connectivity index (χ0) is 38.0. The molecule has 1 aliphatic heterocycles. The van der Waals surface area contributed by atoms with Crippen molar-refractivity contribution in [3.05, 3.63) is 45.9 Å². The topological polar surface area (TPSA) is 93.6 Å². The average Bonchev–Trinajstić information content (AvgIpc) is 3.72. The summed E-state index contributed by atoms with van der Waals surface area (Å²) in [6.07, 6.45) is 6.75. The fraction of sp³-hybridized carbons (Fsp3) is 0.615. The van der Waals surface area contributed by atoms with Gasteiger partial charge in [0.25, 0.3) is 0 Å². The third kappa shape index (κ3) is 9.14. The molecule has 1 fully saturated rings. The zero-order valence-electron chi connectivity index (χ0n) is 33.2. The lowest BCUT2D eigenvalue weighted by Gasteiger charge is -2.36. The molecule has 5 rings (SSSR count). The second kappa shape index (κ2) is 16.7. The maximum Gasteiger partial charge on any atom is 0.246 e. The molecule has 1 aliphatic rings. The summed E-state index contributed by atoms with van der Waals surface area (Å²) >= 11 is 2.39. The molecule has 0 amide bonds. The largest absolute Gasteiger partial charge is 0.473 e. The van der Waals surface area contributed by atoms with Gasteiger partial charge in [0.1, 0.15) is 6.10 Å². The number of benzene rings is 1. The van der Waals surface area contributed by atoms with Crippen molar-refractivity contribution in [3.63, 3.8) is 0 Å². The number of aryl methyl sites for hydroxylation is 1. The molecular formula is C39H60IN7O4Si. The Morgan fingerprint density at radius 3 is 2.50 bits per heavy atom. The number of ether oxygens (including phenoxy) is 3. The highest BCUT2D eigenvalue weighted by atomic mass is 127. The molecule has 52 heavy (non-hydrogen) atoms. The van der Waals surface area contributed by atoms with Crippen molar-refractivity contribution in [1.82, 2.24) is 34.2 Å². The van der Waals surface area contributed by atoms with E-state index in [-0.39, 0.29) is 29.5 Å². The summed E-state index contributed by atoms with van der Waals surface area (Å²) < 4.78 is 32.5. The third-order valence-electron chi connectivity index (χ3n) is 10.3. The highest BCUT2D eigenvalue weighted by Crippen LogP contribution is 2.37. The van der Waals surface area contributed by atoms with Crippen LogP contribution in [0.2, 0.25) is 18.1 Å². The van der Waals surface area contributed by atoms with Crippen LogP contribution in [0.4, 0.5) is 0 Å². The first-order valence-corrected chi connectivity index (χ1v) is 22.7. The Hall–Kier alpha value is -2.72. The maximum atomic E-state index is 6.74. The molecule has 0 saturated carbocycles. The Labute approximate surface area is 325 Å². The van der Waals surface area contributed by atoms with Gasteiger partial charge in [0.05, 0.1) is 51.5 Å². The summed E-state index contributed by atoms with van der Waals surface area (Å²) in [6, 6.07) is 6.68. The summed E-state index contributed by atoms with van der Waals surface area (Å²) in [5.41, 5.74) is 4.98. The molecule has 0 spiro atoms. The molecule has 4 heterocycles. The molecule has 4 aromatic rings. The van der Waals surface area contributed by atoms with Gasteiger partial charge in [0.2, 0.25) is 11.8 Å². The van der Waals surface area contributed by atoms with Gasteiger partial charge in [-0.05, 0) is 118 Å². The lowest BCUT2D eigenvalue weighted by Crippen LogP contribution is -2.41. The van der Waals surface area contributed by atoms with Gasteiger partial charge in [-0.15, -0.1) is 5.10 Å². The van der Waals surface area contributed by atoms with Gasteiger partial charge in [-0.3, -0.25) is 9.58 Å². The van der Waals surface area contributed by atoms with Crippen LogP contribution < -0.4 is 9.47 Å².